The average molecular weight is 251 g/mol. The fourth-order valence-corrected chi connectivity index (χ4v) is 1.20. The number of hydrogen-bond donors (Lipinski definition) is 3. The lowest BCUT2D eigenvalue weighted by Crippen LogP contribution is -2.47. The fourth-order valence-electron chi connectivity index (χ4n) is 1.20. The van der Waals surface area contributed by atoms with Crippen LogP contribution in [0.15, 0.2) is 24.3 Å². The molecule has 96 valence electrons. The molecule has 0 aliphatic carbocycles. The first-order valence-corrected chi connectivity index (χ1v) is 5.08. The first-order chi connectivity index (χ1) is 8.41. The quantitative estimate of drug-likeness (QED) is 0.678. The largest absolute Gasteiger partial charge is 0.478 e. The van der Waals surface area contributed by atoms with Gasteiger partial charge in [-0.05, 0) is 24.3 Å². The second-order valence-electron chi connectivity index (χ2n) is 3.49. The number of carboxylic acid groups (broad SMARTS) is 1. The number of hydrazine groups is 2. The van der Waals surface area contributed by atoms with Crippen LogP contribution in [-0.2, 0) is 9.59 Å². The SMILES string of the molecule is CC(=O)N(NNc1ccc(C(=O)O)cc1)C(C)=O. The van der Waals surface area contributed by atoms with Crippen LogP contribution in [0.1, 0.15) is 24.2 Å². The van der Waals surface area contributed by atoms with Crippen molar-refractivity contribution in [2.75, 3.05) is 5.43 Å². The molecule has 0 radical (unpaired) electrons. The van der Waals surface area contributed by atoms with Gasteiger partial charge in [-0.25, -0.2) is 4.79 Å². The lowest BCUT2D eigenvalue weighted by Gasteiger charge is -2.19. The Balaban J connectivity index is 2.65. The van der Waals surface area contributed by atoms with E-state index in [-0.39, 0.29) is 5.56 Å². The summed E-state index contributed by atoms with van der Waals surface area (Å²) in [5, 5.41) is 9.50. The minimum Gasteiger partial charge on any atom is -0.478 e. The third kappa shape index (κ3) is 3.56. The summed E-state index contributed by atoms with van der Waals surface area (Å²) < 4.78 is 0. The van der Waals surface area contributed by atoms with E-state index in [9.17, 15) is 14.4 Å². The first kappa shape index (κ1) is 13.7. The van der Waals surface area contributed by atoms with Gasteiger partial charge in [-0.1, -0.05) is 0 Å². The molecule has 0 unspecified atom stereocenters. The maximum atomic E-state index is 11.1. The van der Waals surface area contributed by atoms with E-state index < -0.39 is 17.8 Å². The molecule has 0 heterocycles. The molecule has 0 aliphatic heterocycles. The van der Waals surface area contributed by atoms with E-state index >= 15 is 0 Å². The number of nitrogens with zero attached hydrogens (tertiary/aromatic N) is 1. The monoisotopic (exact) mass is 251 g/mol. The summed E-state index contributed by atoms with van der Waals surface area (Å²) in [5.41, 5.74) is 5.70. The van der Waals surface area contributed by atoms with Gasteiger partial charge in [-0.15, -0.1) is 5.53 Å². The van der Waals surface area contributed by atoms with Gasteiger partial charge in [0.25, 0.3) is 0 Å². The molecule has 0 aromatic heterocycles. The molecular formula is C11H13N3O4. The highest BCUT2D eigenvalue weighted by molar-refractivity contribution is 5.92. The topological polar surface area (TPSA) is 98.7 Å². The zero-order valence-electron chi connectivity index (χ0n) is 9.93. The molecule has 7 nitrogen and oxygen atoms in total. The minimum atomic E-state index is -1.02. The van der Waals surface area contributed by atoms with Gasteiger partial charge in [-0.3, -0.25) is 9.59 Å². The van der Waals surface area contributed by atoms with Crippen LogP contribution < -0.4 is 11.0 Å². The number of nitrogens with one attached hydrogen (secondary N) is 2. The minimum absolute atomic E-state index is 0.149. The number of carboxylic acids is 1. The van der Waals surface area contributed by atoms with Crippen molar-refractivity contribution in [1.82, 2.24) is 10.5 Å². The van der Waals surface area contributed by atoms with E-state index in [1.165, 1.54) is 38.1 Å². The Hall–Kier alpha value is -2.41. The Morgan fingerprint density at radius 2 is 1.56 bits per heavy atom. The van der Waals surface area contributed by atoms with Crippen LogP contribution in [0.4, 0.5) is 5.69 Å². The molecular weight excluding hydrogens is 238 g/mol. The number of carbonyl (C=O) groups excluding carboxylic acids is 2. The summed E-state index contributed by atoms with van der Waals surface area (Å²) in [7, 11) is 0. The summed E-state index contributed by atoms with van der Waals surface area (Å²) in [6.07, 6.45) is 0. The highest BCUT2D eigenvalue weighted by Crippen LogP contribution is 2.08. The lowest BCUT2D eigenvalue weighted by molar-refractivity contribution is -0.145. The molecule has 1 aromatic rings. The Labute approximate surface area is 103 Å². The van der Waals surface area contributed by atoms with E-state index in [2.05, 4.69) is 11.0 Å². The Morgan fingerprint density at radius 1 is 1.06 bits per heavy atom. The van der Waals surface area contributed by atoms with Crippen molar-refractivity contribution in [3.8, 4) is 0 Å². The van der Waals surface area contributed by atoms with Crippen molar-refractivity contribution in [2.24, 2.45) is 0 Å². The molecule has 2 amide bonds. The van der Waals surface area contributed by atoms with Gasteiger partial charge in [-0.2, -0.15) is 5.01 Å². The highest BCUT2D eigenvalue weighted by atomic mass is 16.4. The third-order valence-electron chi connectivity index (χ3n) is 2.07. The summed E-state index contributed by atoms with van der Waals surface area (Å²) in [5.74, 6) is -1.95. The number of rotatable bonds is 4. The number of imide groups is 1. The van der Waals surface area contributed by atoms with Crippen molar-refractivity contribution in [3.05, 3.63) is 29.8 Å². The predicted molar refractivity (Wildman–Crippen MR) is 63.4 cm³/mol. The van der Waals surface area contributed by atoms with Crippen LogP contribution in [0.25, 0.3) is 0 Å². The summed E-state index contributed by atoms with van der Waals surface area (Å²) in [6.45, 7) is 2.48. The van der Waals surface area contributed by atoms with E-state index in [1.54, 1.807) is 0 Å². The molecule has 0 saturated heterocycles. The van der Waals surface area contributed by atoms with Crippen LogP contribution in [0.5, 0.6) is 0 Å². The van der Waals surface area contributed by atoms with Gasteiger partial charge in [0.1, 0.15) is 0 Å². The van der Waals surface area contributed by atoms with Crippen LogP contribution in [0, 0.1) is 0 Å². The van der Waals surface area contributed by atoms with Gasteiger partial charge in [0, 0.05) is 13.8 Å². The molecule has 7 heteroatoms. The smallest absolute Gasteiger partial charge is 0.335 e. The number of amides is 2. The zero-order valence-corrected chi connectivity index (χ0v) is 9.93. The predicted octanol–water partition coefficient (Wildman–Crippen LogP) is 0.611. The molecule has 3 N–H and O–H groups in total. The van der Waals surface area contributed by atoms with Crippen LogP contribution in [0.3, 0.4) is 0 Å². The van der Waals surface area contributed by atoms with Gasteiger partial charge in [0.2, 0.25) is 11.8 Å². The van der Waals surface area contributed by atoms with E-state index in [0.717, 1.165) is 5.01 Å². The fraction of sp³-hybridized carbons (Fsp3) is 0.182. The second-order valence-corrected chi connectivity index (χ2v) is 3.49. The number of aromatic carboxylic acids is 1. The molecule has 1 rings (SSSR count). The molecule has 0 saturated carbocycles. The van der Waals surface area contributed by atoms with Gasteiger partial charge < -0.3 is 10.5 Å². The molecule has 0 aliphatic rings. The van der Waals surface area contributed by atoms with Crippen LogP contribution >= 0.6 is 0 Å². The molecule has 18 heavy (non-hydrogen) atoms. The van der Waals surface area contributed by atoms with Crippen molar-refractivity contribution < 1.29 is 19.5 Å². The molecule has 0 bridgehead atoms. The lowest BCUT2D eigenvalue weighted by atomic mass is 10.2. The van der Waals surface area contributed by atoms with Crippen LogP contribution in [0.2, 0.25) is 0 Å². The number of hydrogen-bond acceptors (Lipinski definition) is 5. The van der Waals surface area contributed by atoms with E-state index in [0.29, 0.717) is 5.69 Å². The zero-order chi connectivity index (χ0) is 13.7. The molecule has 0 fully saturated rings. The van der Waals surface area contributed by atoms with E-state index in [1.807, 2.05) is 0 Å². The first-order valence-electron chi connectivity index (χ1n) is 5.08. The third-order valence-corrected chi connectivity index (χ3v) is 2.07. The van der Waals surface area contributed by atoms with Crippen molar-refractivity contribution in [1.29, 1.82) is 0 Å². The Kier molecular flexibility index (Phi) is 4.39. The van der Waals surface area contributed by atoms with Crippen molar-refractivity contribution >= 4 is 23.5 Å². The highest BCUT2D eigenvalue weighted by Gasteiger charge is 2.12. The summed E-state index contributed by atoms with van der Waals surface area (Å²) in [6, 6.07) is 5.82. The van der Waals surface area contributed by atoms with E-state index in [4.69, 9.17) is 5.11 Å². The van der Waals surface area contributed by atoms with Gasteiger partial charge in [0.15, 0.2) is 0 Å². The van der Waals surface area contributed by atoms with Crippen molar-refractivity contribution in [3.63, 3.8) is 0 Å². The van der Waals surface area contributed by atoms with Crippen molar-refractivity contribution in [2.45, 2.75) is 13.8 Å². The maximum Gasteiger partial charge on any atom is 0.335 e. The number of benzene rings is 1. The maximum absolute atomic E-state index is 11.1. The average Bonchev–Trinajstić information content (AvgIpc) is 2.28. The standard InChI is InChI=1S/C11H13N3O4/c1-7(15)14(8(2)16)13-12-10-5-3-9(4-6-10)11(17)18/h3-6,12-13H,1-2H3,(H,17,18). The van der Waals surface area contributed by atoms with Crippen LogP contribution in [-0.4, -0.2) is 27.9 Å². The number of anilines is 1. The molecule has 0 atom stereocenters. The van der Waals surface area contributed by atoms with Gasteiger partial charge in [0.05, 0.1) is 11.3 Å². The second kappa shape index (κ2) is 5.78. The Bertz CT molecular complexity index is 456. The molecule has 0 spiro atoms. The van der Waals surface area contributed by atoms with Gasteiger partial charge >= 0.3 is 5.97 Å². The summed E-state index contributed by atoms with van der Waals surface area (Å²) >= 11 is 0. The molecule has 1 aromatic carbocycles. The Morgan fingerprint density at radius 3 is 1.94 bits per heavy atom. The summed E-state index contributed by atoms with van der Waals surface area (Å²) in [4.78, 5) is 32.8. The normalized spacial score (nSPS) is 9.67. The number of carbonyl (C=O) groups is 3.